The zero-order chi connectivity index (χ0) is 20.6. The number of rotatable bonds is 7. The summed E-state index contributed by atoms with van der Waals surface area (Å²) in [4.78, 5) is 25.2. The second kappa shape index (κ2) is 10.2. The lowest BCUT2D eigenvalue weighted by atomic mass is 9.90. The van der Waals surface area contributed by atoms with Gasteiger partial charge in [-0.3, -0.25) is 9.59 Å². The van der Waals surface area contributed by atoms with Crippen LogP contribution in [0.3, 0.4) is 0 Å². The Balaban J connectivity index is 1.61. The molecule has 0 bridgehead atoms. The maximum Gasteiger partial charge on any atom is 0.232 e. The van der Waals surface area contributed by atoms with Gasteiger partial charge < -0.3 is 10.6 Å². The number of amides is 2. The number of aryl methyl sites for hydroxylation is 1. The standard InChI is InChI=1S/C24H23IN2O2/c1-17-16-20(25)12-13-21(17)27-22(28)14-15-26-24(29)23(18-8-4-2-5-9-18)19-10-6-3-7-11-19/h2-13,16,23H,14-15H2,1H3,(H,26,29)(H,27,28). The van der Waals surface area contributed by atoms with Crippen LogP contribution in [0.25, 0.3) is 0 Å². The SMILES string of the molecule is Cc1cc(I)ccc1NC(=O)CCNC(=O)C(c1ccccc1)c1ccccc1. The molecule has 148 valence electrons. The minimum absolute atomic E-state index is 0.111. The molecule has 2 N–H and O–H groups in total. The lowest BCUT2D eigenvalue weighted by molar-refractivity contribution is -0.121. The van der Waals surface area contributed by atoms with Gasteiger partial charge in [-0.15, -0.1) is 0 Å². The Morgan fingerprint density at radius 1 is 0.897 bits per heavy atom. The third-order valence-electron chi connectivity index (χ3n) is 4.64. The molecule has 0 radical (unpaired) electrons. The summed E-state index contributed by atoms with van der Waals surface area (Å²) >= 11 is 2.24. The van der Waals surface area contributed by atoms with Gasteiger partial charge in [0, 0.05) is 22.2 Å². The summed E-state index contributed by atoms with van der Waals surface area (Å²) < 4.78 is 1.12. The average Bonchev–Trinajstić information content (AvgIpc) is 2.72. The van der Waals surface area contributed by atoms with Crippen LogP contribution in [0.1, 0.15) is 29.0 Å². The van der Waals surface area contributed by atoms with Crippen molar-refractivity contribution in [1.82, 2.24) is 5.32 Å². The quantitative estimate of drug-likeness (QED) is 0.457. The van der Waals surface area contributed by atoms with Crippen molar-refractivity contribution in [1.29, 1.82) is 0 Å². The largest absolute Gasteiger partial charge is 0.355 e. The summed E-state index contributed by atoms with van der Waals surface area (Å²) in [7, 11) is 0. The highest BCUT2D eigenvalue weighted by molar-refractivity contribution is 14.1. The second-order valence-corrected chi connectivity index (χ2v) is 8.05. The molecule has 3 aromatic rings. The van der Waals surface area contributed by atoms with Gasteiger partial charge in [0.2, 0.25) is 11.8 Å². The van der Waals surface area contributed by atoms with Crippen LogP contribution in [0.4, 0.5) is 5.69 Å². The van der Waals surface area contributed by atoms with Crippen LogP contribution in [0.15, 0.2) is 78.9 Å². The van der Waals surface area contributed by atoms with E-state index in [-0.39, 0.29) is 24.8 Å². The number of benzene rings is 3. The maximum absolute atomic E-state index is 12.9. The van der Waals surface area contributed by atoms with E-state index in [1.165, 1.54) is 0 Å². The molecule has 0 aromatic heterocycles. The summed E-state index contributed by atoms with van der Waals surface area (Å²) in [5, 5.41) is 5.83. The van der Waals surface area contributed by atoms with Crippen molar-refractivity contribution in [2.45, 2.75) is 19.3 Å². The molecular weight excluding hydrogens is 475 g/mol. The summed E-state index contributed by atoms with van der Waals surface area (Å²) in [5.74, 6) is -0.634. The van der Waals surface area contributed by atoms with E-state index in [0.717, 1.165) is 25.9 Å². The highest BCUT2D eigenvalue weighted by atomic mass is 127. The summed E-state index contributed by atoms with van der Waals surface area (Å²) in [6.07, 6.45) is 0.216. The first kappa shape index (κ1) is 21.0. The number of carbonyl (C=O) groups excluding carboxylic acids is 2. The van der Waals surface area contributed by atoms with Crippen LogP contribution in [-0.2, 0) is 9.59 Å². The molecule has 0 heterocycles. The van der Waals surface area contributed by atoms with Crippen LogP contribution in [0.5, 0.6) is 0 Å². The number of carbonyl (C=O) groups is 2. The Hall–Kier alpha value is -2.67. The van der Waals surface area contributed by atoms with Crippen molar-refractivity contribution in [3.63, 3.8) is 0 Å². The van der Waals surface area contributed by atoms with Gasteiger partial charge in [0.05, 0.1) is 5.92 Å². The topological polar surface area (TPSA) is 58.2 Å². The Morgan fingerprint density at radius 3 is 2.03 bits per heavy atom. The predicted molar refractivity (Wildman–Crippen MR) is 125 cm³/mol. The number of anilines is 1. The van der Waals surface area contributed by atoms with Gasteiger partial charge in [-0.25, -0.2) is 0 Å². The van der Waals surface area contributed by atoms with Gasteiger partial charge in [0.25, 0.3) is 0 Å². The van der Waals surface area contributed by atoms with E-state index in [2.05, 4.69) is 33.2 Å². The molecule has 0 spiro atoms. The molecule has 0 aliphatic rings. The van der Waals surface area contributed by atoms with E-state index in [9.17, 15) is 9.59 Å². The zero-order valence-corrected chi connectivity index (χ0v) is 18.3. The van der Waals surface area contributed by atoms with E-state index >= 15 is 0 Å². The van der Waals surface area contributed by atoms with Crippen LogP contribution in [0.2, 0.25) is 0 Å². The van der Waals surface area contributed by atoms with Crippen LogP contribution < -0.4 is 10.6 Å². The fourth-order valence-corrected chi connectivity index (χ4v) is 3.81. The van der Waals surface area contributed by atoms with E-state index in [4.69, 9.17) is 0 Å². The van der Waals surface area contributed by atoms with Crippen LogP contribution >= 0.6 is 22.6 Å². The average molecular weight is 498 g/mol. The highest BCUT2D eigenvalue weighted by Gasteiger charge is 2.22. The molecule has 5 heteroatoms. The molecular formula is C24H23IN2O2. The molecule has 0 aliphatic carbocycles. The van der Waals surface area contributed by atoms with Gasteiger partial charge in [0.1, 0.15) is 0 Å². The molecule has 0 saturated heterocycles. The molecule has 4 nitrogen and oxygen atoms in total. The Morgan fingerprint density at radius 2 is 1.48 bits per heavy atom. The molecule has 29 heavy (non-hydrogen) atoms. The van der Waals surface area contributed by atoms with Crippen LogP contribution in [-0.4, -0.2) is 18.4 Å². The maximum atomic E-state index is 12.9. The highest BCUT2D eigenvalue weighted by Crippen LogP contribution is 2.24. The van der Waals surface area contributed by atoms with Gasteiger partial charge in [0.15, 0.2) is 0 Å². The molecule has 0 atom stereocenters. The van der Waals surface area contributed by atoms with E-state index < -0.39 is 5.92 Å². The fraction of sp³-hybridized carbons (Fsp3) is 0.167. The smallest absolute Gasteiger partial charge is 0.232 e. The predicted octanol–water partition coefficient (Wildman–Crippen LogP) is 4.88. The van der Waals surface area contributed by atoms with Gasteiger partial charge in [-0.05, 0) is 64.4 Å². The molecule has 0 aliphatic heterocycles. The Kier molecular flexibility index (Phi) is 7.41. The van der Waals surface area contributed by atoms with Crippen molar-refractivity contribution in [2.75, 3.05) is 11.9 Å². The van der Waals surface area contributed by atoms with E-state index in [1.54, 1.807) is 0 Å². The molecule has 3 aromatic carbocycles. The lowest BCUT2D eigenvalue weighted by Crippen LogP contribution is -2.32. The van der Waals surface area contributed by atoms with E-state index in [0.29, 0.717) is 0 Å². The first-order valence-corrected chi connectivity index (χ1v) is 10.6. The van der Waals surface area contributed by atoms with Crippen molar-refractivity contribution in [3.8, 4) is 0 Å². The van der Waals surface area contributed by atoms with Gasteiger partial charge in [-0.2, -0.15) is 0 Å². The van der Waals surface area contributed by atoms with Crippen molar-refractivity contribution in [2.24, 2.45) is 0 Å². The second-order valence-electron chi connectivity index (χ2n) is 6.80. The Bertz CT molecular complexity index is 935. The first-order valence-electron chi connectivity index (χ1n) is 9.48. The Labute approximate surface area is 184 Å². The normalized spacial score (nSPS) is 10.6. The summed E-state index contributed by atoms with van der Waals surface area (Å²) in [6, 6.07) is 25.2. The number of hydrogen-bond acceptors (Lipinski definition) is 2. The summed E-state index contributed by atoms with van der Waals surface area (Å²) in [5.41, 5.74) is 3.67. The van der Waals surface area contributed by atoms with Gasteiger partial charge in [-0.1, -0.05) is 60.7 Å². The zero-order valence-electron chi connectivity index (χ0n) is 16.2. The molecule has 0 fully saturated rings. The molecule has 0 saturated carbocycles. The van der Waals surface area contributed by atoms with Gasteiger partial charge >= 0.3 is 0 Å². The number of halogens is 1. The monoisotopic (exact) mass is 498 g/mol. The molecule has 2 amide bonds. The number of hydrogen-bond donors (Lipinski definition) is 2. The lowest BCUT2D eigenvalue weighted by Gasteiger charge is -2.18. The number of nitrogens with one attached hydrogen (secondary N) is 2. The van der Waals surface area contributed by atoms with Crippen molar-refractivity contribution >= 4 is 40.1 Å². The van der Waals surface area contributed by atoms with E-state index in [1.807, 2.05) is 85.8 Å². The minimum Gasteiger partial charge on any atom is -0.355 e. The third-order valence-corrected chi connectivity index (χ3v) is 5.31. The van der Waals surface area contributed by atoms with Crippen molar-refractivity contribution in [3.05, 3.63) is 99.1 Å². The molecule has 0 unspecified atom stereocenters. The first-order chi connectivity index (χ1) is 14.0. The fourth-order valence-electron chi connectivity index (χ4n) is 3.17. The summed E-state index contributed by atoms with van der Waals surface area (Å²) in [6.45, 7) is 2.24. The molecule has 3 rings (SSSR count). The van der Waals surface area contributed by atoms with Crippen LogP contribution in [0, 0.1) is 10.5 Å². The van der Waals surface area contributed by atoms with Crippen molar-refractivity contribution < 1.29 is 9.59 Å². The third kappa shape index (κ3) is 5.90. The minimum atomic E-state index is -0.404.